The standard InChI is InChI=1S/C14H18N4O2/c1-11(15)8-13-9-17(10-16-13)7-6-12-4-2-3-5-14(12)18(19)20/h2-5,9-11H,6-8,15H2,1H3. The van der Waals surface area contributed by atoms with E-state index < -0.39 is 0 Å². The molecule has 2 N–H and O–H groups in total. The molecule has 6 nitrogen and oxygen atoms in total. The molecule has 1 aromatic carbocycles. The highest BCUT2D eigenvalue weighted by Crippen LogP contribution is 2.18. The van der Waals surface area contributed by atoms with Gasteiger partial charge in [-0.05, 0) is 13.3 Å². The van der Waals surface area contributed by atoms with E-state index in [2.05, 4.69) is 4.98 Å². The summed E-state index contributed by atoms with van der Waals surface area (Å²) in [4.78, 5) is 14.9. The molecule has 1 heterocycles. The van der Waals surface area contributed by atoms with Gasteiger partial charge in [0, 0.05) is 36.8 Å². The molecular weight excluding hydrogens is 256 g/mol. The van der Waals surface area contributed by atoms with E-state index in [9.17, 15) is 10.1 Å². The van der Waals surface area contributed by atoms with Gasteiger partial charge in [-0.1, -0.05) is 18.2 Å². The molecule has 2 aromatic rings. The number of aryl methyl sites for hydroxylation is 2. The Morgan fingerprint density at radius 3 is 2.90 bits per heavy atom. The summed E-state index contributed by atoms with van der Waals surface area (Å²) in [6.45, 7) is 2.60. The van der Waals surface area contributed by atoms with E-state index in [1.165, 1.54) is 6.07 Å². The van der Waals surface area contributed by atoms with E-state index in [0.717, 1.165) is 17.7 Å². The van der Waals surface area contributed by atoms with Gasteiger partial charge in [-0.3, -0.25) is 10.1 Å². The zero-order valence-electron chi connectivity index (χ0n) is 11.4. The summed E-state index contributed by atoms with van der Waals surface area (Å²) in [5, 5.41) is 10.9. The van der Waals surface area contributed by atoms with Gasteiger partial charge in [-0.15, -0.1) is 0 Å². The Morgan fingerprint density at radius 2 is 2.20 bits per heavy atom. The minimum absolute atomic E-state index is 0.0774. The Balaban J connectivity index is 2.02. The third kappa shape index (κ3) is 3.64. The summed E-state index contributed by atoms with van der Waals surface area (Å²) < 4.78 is 1.94. The summed E-state index contributed by atoms with van der Waals surface area (Å²) in [5.41, 5.74) is 7.58. The van der Waals surface area contributed by atoms with E-state index in [0.29, 0.717) is 13.0 Å². The maximum Gasteiger partial charge on any atom is 0.272 e. The molecule has 1 unspecified atom stereocenters. The second-order valence-corrected chi connectivity index (χ2v) is 4.92. The van der Waals surface area contributed by atoms with Crippen molar-refractivity contribution in [1.29, 1.82) is 0 Å². The molecular formula is C14H18N4O2. The van der Waals surface area contributed by atoms with Crippen LogP contribution in [0.15, 0.2) is 36.8 Å². The number of rotatable bonds is 6. The molecule has 6 heteroatoms. The zero-order valence-corrected chi connectivity index (χ0v) is 11.4. The predicted molar refractivity (Wildman–Crippen MR) is 76.4 cm³/mol. The number of hydrogen-bond acceptors (Lipinski definition) is 4. The first-order valence-electron chi connectivity index (χ1n) is 6.55. The minimum atomic E-state index is -0.342. The molecule has 0 fully saturated rings. The summed E-state index contributed by atoms with van der Waals surface area (Å²) in [7, 11) is 0. The highest BCUT2D eigenvalue weighted by molar-refractivity contribution is 5.39. The average molecular weight is 274 g/mol. The molecule has 0 saturated carbocycles. The van der Waals surface area contributed by atoms with Crippen LogP contribution in [0.1, 0.15) is 18.2 Å². The van der Waals surface area contributed by atoms with Crippen LogP contribution in [0, 0.1) is 10.1 Å². The molecule has 0 amide bonds. The number of aromatic nitrogens is 2. The number of para-hydroxylation sites is 1. The molecule has 0 radical (unpaired) electrons. The van der Waals surface area contributed by atoms with Gasteiger partial charge in [0.05, 0.1) is 16.9 Å². The quantitative estimate of drug-likeness (QED) is 0.644. The monoisotopic (exact) mass is 274 g/mol. The van der Waals surface area contributed by atoms with Gasteiger partial charge in [-0.25, -0.2) is 4.98 Å². The summed E-state index contributed by atoms with van der Waals surface area (Å²) >= 11 is 0. The van der Waals surface area contributed by atoms with Gasteiger partial charge in [0.25, 0.3) is 5.69 Å². The lowest BCUT2D eigenvalue weighted by Gasteiger charge is -2.04. The maximum absolute atomic E-state index is 10.9. The Morgan fingerprint density at radius 1 is 1.45 bits per heavy atom. The van der Waals surface area contributed by atoms with E-state index in [4.69, 9.17) is 5.73 Å². The van der Waals surface area contributed by atoms with Crippen LogP contribution in [0.5, 0.6) is 0 Å². The summed E-state index contributed by atoms with van der Waals surface area (Å²) in [6, 6.07) is 6.90. The number of nitrogens with two attached hydrogens (primary N) is 1. The largest absolute Gasteiger partial charge is 0.337 e. The van der Waals surface area contributed by atoms with Crippen LogP contribution in [0.2, 0.25) is 0 Å². The number of nitro benzene ring substituents is 1. The van der Waals surface area contributed by atoms with Crippen molar-refractivity contribution in [3.63, 3.8) is 0 Å². The topological polar surface area (TPSA) is 87.0 Å². The van der Waals surface area contributed by atoms with E-state index >= 15 is 0 Å². The maximum atomic E-state index is 10.9. The molecule has 0 spiro atoms. The Hall–Kier alpha value is -2.21. The van der Waals surface area contributed by atoms with Crippen LogP contribution < -0.4 is 5.73 Å². The lowest BCUT2D eigenvalue weighted by Crippen LogP contribution is -2.17. The van der Waals surface area contributed by atoms with Crippen LogP contribution in [0.3, 0.4) is 0 Å². The molecule has 2 rings (SSSR count). The van der Waals surface area contributed by atoms with Gasteiger partial charge in [-0.2, -0.15) is 0 Å². The zero-order chi connectivity index (χ0) is 14.5. The van der Waals surface area contributed by atoms with Gasteiger partial charge in [0.2, 0.25) is 0 Å². The highest BCUT2D eigenvalue weighted by atomic mass is 16.6. The molecule has 0 bridgehead atoms. The lowest BCUT2D eigenvalue weighted by atomic mass is 10.1. The predicted octanol–water partition coefficient (Wildman–Crippen LogP) is 1.92. The molecule has 1 aromatic heterocycles. The first kappa shape index (κ1) is 14.2. The fourth-order valence-corrected chi connectivity index (χ4v) is 2.11. The summed E-state index contributed by atoms with van der Waals surface area (Å²) in [6.07, 6.45) is 5.02. The third-order valence-corrected chi connectivity index (χ3v) is 3.05. The van der Waals surface area contributed by atoms with Gasteiger partial charge in [0.1, 0.15) is 0 Å². The molecule has 106 valence electrons. The first-order valence-corrected chi connectivity index (χ1v) is 6.55. The van der Waals surface area contributed by atoms with Crippen molar-refractivity contribution in [3.8, 4) is 0 Å². The van der Waals surface area contributed by atoms with Crippen molar-refractivity contribution in [2.75, 3.05) is 0 Å². The van der Waals surface area contributed by atoms with Crippen molar-refractivity contribution in [3.05, 3.63) is 58.2 Å². The fourth-order valence-electron chi connectivity index (χ4n) is 2.11. The van der Waals surface area contributed by atoms with Crippen molar-refractivity contribution in [2.24, 2.45) is 5.73 Å². The number of nitro groups is 1. The molecule has 0 aliphatic heterocycles. The lowest BCUT2D eigenvalue weighted by molar-refractivity contribution is -0.385. The molecule has 1 atom stereocenters. The van der Waals surface area contributed by atoms with E-state index in [1.54, 1.807) is 18.5 Å². The van der Waals surface area contributed by atoms with Crippen LogP contribution >= 0.6 is 0 Å². The summed E-state index contributed by atoms with van der Waals surface area (Å²) in [5.74, 6) is 0. The minimum Gasteiger partial charge on any atom is -0.337 e. The second kappa shape index (κ2) is 6.29. The Kier molecular flexibility index (Phi) is 4.47. The number of nitrogens with zero attached hydrogens (tertiary/aromatic N) is 3. The van der Waals surface area contributed by atoms with Crippen molar-refractivity contribution >= 4 is 5.69 Å². The van der Waals surface area contributed by atoms with Crippen LogP contribution in [-0.2, 0) is 19.4 Å². The highest BCUT2D eigenvalue weighted by Gasteiger charge is 2.12. The Bertz CT molecular complexity index is 592. The first-order chi connectivity index (χ1) is 9.56. The number of imidazole rings is 1. The second-order valence-electron chi connectivity index (χ2n) is 4.92. The van der Waals surface area contributed by atoms with Crippen molar-refractivity contribution in [1.82, 2.24) is 9.55 Å². The van der Waals surface area contributed by atoms with Crippen LogP contribution in [0.25, 0.3) is 0 Å². The Labute approximate surface area is 117 Å². The van der Waals surface area contributed by atoms with Crippen molar-refractivity contribution in [2.45, 2.75) is 32.4 Å². The van der Waals surface area contributed by atoms with Gasteiger partial charge >= 0.3 is 0 Å². The van der Waals surface area contributed by atoms with Gasteiger partial charge < -0.3 is 10.3 Å². The SMILES string of the molecule is CC(N)Cc1cn(CCc2ccccc2[N+](=O)[O-])cn1. The molecule has 0 aliphatic rings. The van der Waals surface area contributed by atoms with Crippen molar-refractivity contribution < 1.29 is 4.92 Å². The smallest absolute Gasteiger partial charge is 0.272 e. The van der Waals surface area contributed by atoms with Gasteiger partial charge in [0.15, 0.2) is 0 Å². The van der Waals surface area contributed by atoms with Crippen LogP contribution in [0.4, 0.5) is 5.69 Å². The third-order valence-electron chi connectivity index (χ3n) is 3.05. The molecule has 0 aliphatic carbocycles. The normalized spacial score (nSPS) is 12.3. The fraction of sp³-hybridized carbons (Fsp3) is 0.357. The van der Waals surface area contributed by atoms with Crippen LogP contribution in [-0.4, -0.2) is 20.5 Å². The molecule has 20 heavy (non-hydrogen) atoms. The van der Waals surface area contributed by atoms with E-state index in [-0.39, 0.29) is 16.7 Å². The number of benzene rings is 1. The number of hydrogen-bond donors (Lipinski definition) is 1. The average Bonchev–Trinajstić information content (AvgIpc) is 2.83. The van der Waals surface area contributed by atoms with E-state index in [1.807, 2.05) is 23.8 Å². The molecule has 0 saturated heterocycles.